The van der Waals surface area contributed by atoms with Gasteiger partial charge in [-0.1, -0.05) is 27.4 Å². The van der Waals surface area contributed by atoms with E-state index < -0.39 is 0 Å². The van der Waals surface area contributed by atoms with Gasteiger partial charge in [-0.15, -0.1) is 0 Å². The predicted molar refractivity (Wildman–Crippen MR) is 72.4 cm³/mol. The molecule has 0 bridgehead atoms. The van der Waals surface area contributed by atoms with Crippen LogP contribution in [0.2, 0.25) is 0 Å². The lowest BCUT2D eigenvalue weighted by Crippen LogP contribution is -2.30. The summed E-state index contributed by atoms with van der Waals surface area (Å²) in [6.07, 6.45) is 3.76. The van der Waals surface area contributed by atoms with Crippen molar-refractivity contribution in [3.8, 4) is 0 Å². The van der Waals surface area contributed by atoms with Gasteiger partial charge in [0.2, 0.25) is 0 Å². The number of hydrazine groups is 1. The molecule has 1 saturated carbocycles. The minimum absolute atomic E-state index is 0.880. The summed E-state index contributed by atoms with van der Waals surface area (Å²) in [4.78, 5) is 0. The molecule has 0 spiro atoms. The molecular weight excluding hydrogens is 200 g/mol. The van der Waals surface area contributed by atoms with Crippen LogP contribution in [0.15, 0.2) is 12.8 Å². The second kappa shape index (κ2) is 12.5. The summed E-state index contributed by atoms with van der Waals surface area (Å²) in [5.74, 6) is 7.24. The Morgan fingerprint density at radius 3 is 1.94 bits per heavy atom. The molecule has 16 heavy (non-hydrogen) atoms. The third kappa shape index (κ3) is 13.4. The Hall–Kier alpha value is -0.580. The van der Waals surface area contributed by atoms with E-state index >= 15 is 0 Å². The van der Waals surface area contributed by atoms with Crippen molar-refractivity contribution < 1.29 is 0 Å². The van der Waals surface area contributed by atoms with Gasteiger partial charge in [0.1, 0.15) is 0 Å². The molecule has 6 N–H and O–H groups in total. The fourth-order valence-corrected chi connectivity index (χ4v) is 1.17. The number of rotatable bonds is 4. The van der Waals surface area contributed by atoms with E-state index in [1.165, 1.54) is 12.6 Å². The van der Waals surface area contributed by atoms with Gasteiger partial charge >= 0.3 is 0 Å². The molecule has 2 unspecified atom stereocenters. The largest absolute Gasteiger partial charge is 0.405 e. The molecule has 0 aromatic rings. The van der Waals surface area contributed by atoms with E-state index in [4.69, 9.17) is 11.6 Å². The summed E-state index contributed by atoms with van der Waals surface area (Å²) < 4.78 is 0. The Kier molecular flexibility index (Phi) is 13.9. The smallest absolute Gasteiger partial charge is 0.0125 e. The van der Waals surface area contributed by atoms with Gasteiger partial charge < -0.3 is 11.5 Å². The van der Waals surface area contributed by atoms with Crippen LogP contribution in [0.3, 0.4) is 0 Å². The van der Waals surface area contributed by atoms with Gasteiger partial charge in [-0.2, -0.15) is 0 Å². The fourth-order valence-electron chi connectivity index (χ4n) is 1.17. The summed E-state index contributed by atoms with van der Waals surface area (Å²) in [6, 6.07) is 0. The summed E-state index contributed by atoms with van der Waals surface area (Å²) in [5.41, 5.74) is 9.94. The summed E-state index contributed by atoms with van der Waals surface area (Å²) in [7, 11) is 0. The summed E-state index contributed by atoms with van der Waals surface area (Å²) in [5, 5.41) is 1.81. The minimum atomic E-state index is 0.880. The minimum Gasteiger partial charge on any atom is -0.405 e. The Morgan fingerprint density at radius 2 is 1.88 bits per heavy atom. The Morgan fingerprint density at radius 1 is 1.44 bits per heavy atom. The van der Waals surface area contributed by atoms with Crippen molar-refractivity contribution in [2.24, 2.45) is 29.1 Å². The summed E-state index contributed by atoms with van der Waals surface area (Å²) >= 11 is 0. The standard InChI is InChI=1S/C5H14N2.C5H11N.C2H5N/c1-3-5-7(6)4-2;1-4-2-5(4)3-6;1-2-3/h3-6H2,1-2H3;4-5H,2-3,6H2,1H3;2H,1,3H2. The Labute approximate surface area is 101 Å². The van der Waals surface area contributed by atoms with Crippen LogP contribution in [0.25, 0.3) is 0 Å². The van der Waals surface area contributed by atoms with Crippen molar-refractivity contribution in [2.45, 2.75) is 33.6 Å². The highest BCUT2D eigenvalue weighted by Crippen LogP contribution is 2.35. The molecule has 2 atom stereocenters. The fraction of sp³-hybridized carbons (Fsp3) is 0.833. The molecule has 0 aromatic heterocycles. The molecule has 0 aromatic carbocycles. The zero-order valence-electron chi connectivity index (χ0n) is 11.2. The quantitative estimate of drug-likeness (QED) is 0.502. The van der Waals surface area contributed by atoms with Crippen LogP contribution >= 0.6 is 0 Å². The van der Waals surface area contributed by atoms with Gasteiger partial charge in [-0.3, -0.25) is 5.84 Å². The zero-order chi connectivity index (χ0) is 13.0. The van der Waals surface area contributed by atoms with Crippen LogP contribution in [0.1, 0.15) is 33.6 Å². The van der Waals surface area contributed by atoms with E-state index in [0.29, 0.717) is 0 Å². The molecule has 0 heterocycles. The second-order valence-corrected chi connectivity index (χ2v) is 4.07. The maximum absolute atomic E-state index is 5.42. The van der Waals surface area contributed by atoms with Gasteiger partial charge in [0.05, 0.1) is 0 Å². The highest BCUT2D eigenvalue weighted by atomic mass is 15.4. The molecule has 1 fully saturated rings. The molecule has 0 saturated heterocycles. The highest BCUT2D eigenvalue weighted by molar-refractivity contribution is 4.82. The van der Waals surface area contributed by atoms with Crippen LogP contribution in [0.4, 0.5) is 0 Å². The highest BCUT2D eigenvalue weighted by Gasteiger charge is 2.30. The molecule has 1 aliphatic carbocycles. The van der Waals surface area contributed by atoms with E-state index in [1.54, 1.807) is 5.01 Å². The van der Waals surface area contributed by atoms with Crippen molar-refractivity contribution in [1.82, 2.24) is 5.01 Å². The van der Waals surface area contributed by atoms with Gasteiger partial charge in [0.15, 0.2) is 0 Å². The molecule has 1 aliphatic rings. The van der Waals surface area contributed by atoms with Gasteiger partial charge in [0, 0.05) is 13.1 Å². The third-order valence-electron chi connectivity index (χ3n) is 2.50. The Bertz CT molecular complexity index is 148. The molecule has 4 nitrogen and oxygen atoms in total. The Balaban J connectivity index is 0. The maximum atomic E-state index is 5.42. The molecule has 4 heteroatoms. The lowest BCUT2D eigenvalue weighted by molar-refractivity contribution is 0.300. The average molecular weight is 230 g/mol. The number of nitrogens with zero attached hydrogens (tertiary/aromatic N) is 1. The first kappa shape index (κ1) is 17.8. The number of hydrogen-bond acceptors (Lipinski definition) is 4. The van der Waals surface area contributed by atoms with Crippen LogP contribution < -0.4 is 17.3 Å². The van der Waals surface area contributed by atoms with Crippen molar-refractivity contribution in [3.05, 3.63) is 12.8 Å². The van der Waals surface area contributed by atoms with E-state index in [0.717, 1.165) is 37.9 Å². The first-order valence-corrected chi connectivity index (χ1v) is 6.09. The first-order valence-electron chi connectivity index (χ1n) is 6.09. The van der Waals surface area contributed by atoms with Crippen molar-refractivity contribution in [3.63, 3.8) is 0 Å². The van der Waals surface area contributed by atoms with Gasteiger partial charge in [-0.25, -0.2) is 5.01 Å². The zero-order valence-corrected chi connectivity index (χ0v) is 11.2. The lowest BCUT2D eigenvalue weighted by atomic mass is 10.3. The van der Waals surface area contributed by atoms with Crippen LogP contribution in [0.5, 0.6) is 0 Å². The molecule has 0 aliphatic heterocycles. The van der Waals surface area contributed by atoms with Crippen LogP contribution in [-0.2, 0) is 0 Å². The molecule has 98 valence electrons. The van der Waals surface area contributed by atoms with E-state index in [9.17, 15) is 0 Å². The SMILES string of the molecule is C=CN.CC1CC1CN.CCCN(N)CC. The van der Waals surface area contributed by atoms with Crippen LogP contribution in [0, 0.1) is 11.8 Å². The van der Waals surface area contributed by atoms with Crippen molar-refractivity contribution in [2.75, 3.05) is 19.6 Å². The van der Waals surface area contributed by atoms with E-state index in [-0.39, 0.29) is 0 Å². The van der Waals surface area contributed by atoms with Crippen LogP contribution in [-0.4, -0.2) is 24.6 Å². The topological polar surface area (TPSA) is 81.3 Å². The second-order valence-electron chi connectivity index (χ2n) is 4.07. The number of nitrogens with two attached hydrogens (primary N) is 3. The molecule has 0 radical (unpaired) electrons. The van der Waals surface area contributed by atoms with E-state index in [2.05, 4.69) is 33.1 Å². The monoisotopic (exact) mass is 230 g/mol. The molecule has 1 rings (SSSR count). The number of hydrogen-bond donors (Lipinski definition) is 3. The van der Waals surface area contributed by atoms with Crippen molar-refractivity contribution in [1.29, 1.82) is 0 Å². The maximum Gasteiger partial charge on any atom is 0.0125 e. The normalized spacial score (nSPS) is 21.4. The molecular formula is C12H30N4. The van der Waals surface area contributed by atoms with E-state index in [1.807, 2.05) is 0 Å². The summed E-state index contributed by atoms with van der Waals surface area (Å²) in [6.45, 7) is 12.4. The van der Waals surface area contributed by atoms with Crippen molar-refractivity contribution >= 4 is 0 Å². The molecule has 0 amide bonds. The predicted octanol–water partition coefficient (Wildman–Crippen LogP) is 1.28. The third-order valence-corrected chi connectivity index (χ3v) is 2.50. The lowest BCUT2D eigenvalue weighted by Gasteiger charge is -2.09. The van der Waals surface area contributed by atoms with Gasteiger partial charge in [-0.05, 0) is 37.4 Å². The first-order chi connectivity index (χ1) is 7.56. The average Bonchev–Trinajstić information content (AvgIpc) is 2.97. The van der Waals surface area contributed by atoms with Gasteiger partial charge in [0.25, 0.3) is 0 Å².